The van der Waals surface area contributed by atoms with Gasteiger partial charge in [0.1, 0.15) is 0 Å². The Balaban J connectivity index is 1.62. The molecule has 4 aliphatic carbocycles. The Bertz CT molecular complexity index is 490. The third-order valence-electron chi connectivity index (χ3n) is 8.59. The van der Waals surface area contributed by atoms with Crippen LogP contribution in [-0.2, 0) is 0 Å². The average Bonchev–Trinajstić information content (AvgIpc) is 2.82. The van der Waals surface area contributed by atoms with Gasteiger partial charge in [-0.2, -0.15) is 0 Å². The zero-order valence-corrected chi connectivity index (χ0v) is 14.1. The molecule has 2 N–H and O–H groups in total. The molecule has 0 spiro atoms. The molecule has 3 nitrogen and oxygen atoms in total. The maximum atomic E-state index is 10.5. The molecule has 0 unspecified atom stereocenters. The zero-order chi connectivity index (χ0) is 15.5. The summed E-state index contributed by atoms with van der Waals surface area (Å²) in [4.78, 5) is 0. The minimum Gasteiger partial charge on any atom is -0.411 e. The van der Waals surface area contributed by atoms with Gasteiger partial charge in [0.05, 0.1) is 11.8 Å². The summed E-state index contributed by atoms with van der Waals surface area (Å²) in [5.41, 5.74) is 1.65. The summed E-state index contributed by atoms with van der Waals surface area (Å²) in [7, 11) is 0. The number of aliphatic hydroxyl groups excluding tert-OH is 1. The van der Waals surface area contributed by atoms with Crippen LogP contribution in [0.3, 0.4) is 0 Å². The van der Waals surface area contributed by atoms with E-state index in [4.69, 9.17) is 5.21 Å². The van der Waals surface area contributed by atoms with E-state index in [1.807, 2.05) is 0 Å². The molecule has 4 aliphatic rings. The molecular weight excluding hydrogens is 274 g/mol. The SMILES string of the molecule is C[C@]12CC[C@H]3[C@H](CC[C@H]4C/C(=N\O)CC[C@@]43C)[C@H]1CC[C@@H]2O. The second-order valence-corrected chi connectivity index (χ2v) is 9.16. The van der Waals surface area contributed by atoms with E-state index in [0.717, 1.165) is 42.7 Å². The van der Waals surface area contributed by atoms with Gasteiger partial charge in [0, 0.05) is 0 Å². The van der Waals surface area contributed by atoms with E-state index in [1.165, 1.54) is 38.5 Å². The molecule has 0 amide bonds. The van der Waals surface area contributed by atoms with E-state index < -0.39 is 0 Å². The normalized spacial score (nSPS) is 56.3. The molecule has 0 aliphatic heterocycles. The van der Waals surface area contributed by atoms with Crippen molar-refractivity contribution < 1.29 is 10.3 Å². The molecule has 0 heterocycles. The summed E-state index contributed by atoms with van der Waals surface area (Å²) in [6, 6.07) is 0. The van der Waals surface area contributed by atoms with Gasteiger partial charge >= 0.3 is 0 Å². The Kier molecular flexibility index (Phi) is 3.38. The van der Waals surface area contributed by atoms with Crippen LogP contribution in [0.4, 0.5) is 0 Å². The molecule has 7 atom stereocenters. The first-order valence-electron chi connectivity index (χ1n) is 9.37. The van der Waals surface area contributed by atoms with Crippen molar-refractivity contribution in [3.63, 3.8) is 0 Å². The van der Waals surface area contributed by atoms with Gasteiger partial charge in [-0.05, 0) is 92.3 Å². The lowest BCUT2D eigenvalue weighted by Crippen LogP contribution is -2.54. The summed E-state index contributed by atoms with van der Waals surface area (Å²) in [6.07, 6.45) is 10.5. The molecule has 0 radical (unpaired) electrons. The number of hydrogen-bond donors (Lipinski definition) is 2. The molecule has 4 rings (SSSR count). The molecule has 0 aromatic carbocycles. The van der Waals surface area contributed by atoms with Crippen LogP contribution < -0.4 is 0 Å². The van der Waals surface area contributed by atoms with Crippen LogP contribution in [0.2, 0.25) is 0 Å². The number of fused-ring (bicyclic) bond motifs is 5. The van der Waals surface area contributed by atoms with Gasteiger partial charge in [-0.1, -0.05) is 19.0 Å². The topological polar surface area (TPSA) is 52.8 Å². The van der Waals surface area contributed by atoms with Crippen LogP contribution in [-0.4, -0.2) is 22.1 Å². The number of nitrogens with zero attached hydrogens (tertiary/aromatic N) is 1. The second-order valence-electron chi connectivity index (χ2n) is 9.16. The van der Waals surface area contributed by atoms with Crippen molar-refractivity contribution in [1.82, 2.24) is 0 Å². The van der Waals surface area contributed by atoms with Crippen molar-refractivity contribution in [3.05, 3.63) is 0 Å². The highest BCUT2D eigenvalue weighted by atomic mass is 16.4. The first-order chi connectivity index (χ1) is 10.5. The second kappa shape index (κ2) is 4.96. The monoisotopic (exact) mass is 305 g/mol. The maximum Gasteiger partial charge on any atom is 0.0596 e. The van der Waals surface area contributed by atoms with E-state index in [1.54, 1.807) is 0 Å². The lowest BCUT2D eigenvalue weighted by Gasteiger charge is -2.60. The highest BCUT2D eigenvalue weighted by Gasteiger charge is 2.59. The van der Waals surface area contributed by atoms with Gasteiger partial charge < -0.3 is 10.3 Å². The molecule has 4 saturated carbocycles. The molecule has 4 fully saturated rings. The molecule has 3 heteroatoms. The van der Waals surface area contributed by atoms with Gasteiger partial charge in [0.15, 0.2) is 0 Å². The van der Waals surface area contributed by atoms with E-state index in [9.17, 15) is 5.11 Å². The van der Waals surface area contributed by atoms with Crippen molar-refractivity contribution >= 4 is 5.71 Å². The quantitative estimate of drug-likeness (QED) is 0.520. The van der Waals surface area contributed by atoms with Crippen molar-refractivity contribution in [2.45, 2.75) is 77.7 Å². The summed E-state index contributed by atoms with van der Waals surface area (Å²) < 4.78 is 0. The summed E-state index contributed by atoms with van der Waals surface area (Å²) >= 11 is 0. The van der Waals surface area contributed by atoms with Gasteiger partial charge in [0.2, 0.25) is 0 Å². The van der Waals surface area contributed by atoms with E-state index >= 15 is 0 Å². The first-order valence-corrected chi connectivity index (χ1v) is 9.37. The van der Waals surface area contributed by atoms with Crippen LogP contribution in [0.1, 0.15) is 71.6 Å². The van der Waals surface area contributed by atoms with E-state index in [0.29, 0.717) is 11.3 Å². The first kappa shape index (κ1) is 15.0. The minimum absolute atomic E-state index is 0.0662. The Morgan fingerprint density at radius 2 is 1.73 bits per heavy atom. The molecule has 0 aromatic heterocycles. The Morgan fingerprint density at radius 3 is 2.50 bits per heavy atom. The molecule has 0 bridgehead atoms. The molecule has 22 heavy (non-hydrogen) atoms. The third-order valence-corrected chi connectivity index (χ3v) is 8.59. The third kappa shape index (κ3) is 1.87. The number of rotatable bonds is 0. The summed E-state index contributed by atoms with van der Waals surface area (Å²) in [5, 5.41) is 23.2. The Hall–Kier alpha value is -0.570. The molecular formula is C19H31NO2. The number of oxime groups is 1. The van der Waals surface area contributed by atoms with Crippen molar-refractivity contribution in [2.24, 2.45) is 39.7 Å². The van der Waals surface area contributed by atoms with E-state index in [-0.39, 0.29) is 11.5 Å². The van der Waals surface area contributed by atoms with Crippen molar-refractivity contribution in [3.8, 4) is 0 Å². The predicted octanol–water partition coefficient (Wildman–Crippen LogP) is 4.22. The van der Waals surface area contributed by atoms with Gasteiger partial charge in [-0.15, -0.1) is 0 Å². The lowest BCUT2D eigenvalue weighted by molar-refractivity contribution is -0.112. The average molecular weight is 305 g/mol. The zero-order valence-electron chi connectivity index (χ0n) is 14.1. The van der Waals surface area contributed by atoms with Crippen LogP contribution in [0, 0.1) is 34.5 Å². The molecule has 124 valence electrons. The van der Waals surface area contributed by atoms with Crippen LogP contribution in [0.15, 0.2) is 5.16 Å². The number of aliphatic hydroxyl groups is 1. The minimum atomic E-state index is -0.0662. The number of hydrogen-bond acceptors (Lipinski definition) is 3. The van der Waals surface area contributed by atoms with Gasteiger partial charge in [-0.3, -0.25) is 0 Å². The van der Waals surface area contributed by atoms with Gasteiger partial charge in [-0.25, -0.2) is 0 Å². The van der Waals surface area contributed by atoms with Gasteiger partial charge in [0.25, 0.3) is 0 Å². The van der Waals surface area contributed by atoms with Crippen molar-refractivity contribution in [2.75, 3.05) is 0 Å². The molecule has 0 aromatic rings. The van der Waals surface area contributed by atoms with Crippen molar-refractivity contribution in [1.29, 1.82) is 0 Å². The maximum absolute atomic E-state index is 10.5. The largest absolute Gasteiger partial charge is 0.411 e. The highest BCUT2D eigenvalue weighted by Crippen LogP contribution is 2.65. The van der Waals surface area contributed by atoms with Crippen LogP contribution >= 0.6 is 0 Å². The Morgan fingerprint density at radius 1 is 0.955 bits per heavy atom. The summed E-state index contributed by atoms with van der Waals surface area (Å²) in [5.74, 6) is 3.11. The van der Waals surface area contributed by atoms with E-state index in [2.05, 4.69) is 19.0 Å². The standard InChI is InChI=1S/C19H31NO2/c1-18-9-7-13(20-22)11-12(18)3-4-14-15-5-6-17(21)19(15,2)10-8-16(14)18/h12,14-17,21-22H,3-11H2,1-2H3/b20-13-/t12-,14+,15+,16-,17-,18-,19-/m0/s1. The fourth-order valence-electron chi connectivity index (χ4n) is 7.12. The fourth-order valence-corrected chi connectivity index (χ4v) is 7.12. The van der Waals surface area contributed by atoms with Crippen LogP contribution in [0.5, 0.6) is 0 Å². The highest BCUT2D eigenvalue weighted by molar-refractivity contribution is 5.85. The predicted molar refractivity (Wildman–Crippen MR) is 87.0 cm³/mol. The van der Waals surface area contributed by atoms with Crippen LogP contribution in [0.25, 0.3) is 0 Å². The lowest BCUT2D eigenvalue weighted by atomic mass is 9.45. The smallest absolute Gasteiger partial charge is 0.0596 e. The summed E-state index contributed by atoms with van der Waals surface area (Å²) in [6.45, 7) is 4.88. The fraction of sp³-hybridized carbons (Fsp3) is 0.947. The Labute approximate surface area is 134 Å². The molecule has 0 saturated heterocycles.